The van der Waals surface area contributed by atoms with Crippen LogP contribution in [-0.2, 0) is 0 Å². The first kappa shape index (κ1) is 20.6. The van der Waals surface area contributed by atoms with E-state index in [0.29, 0.717) is 18.2 Å². The number of carbonyl (C=O) groups excluding carboxylic acids is 1. The molecule has 0 atom stereocenters. The van der Waals surface area contributed by atoms with E-state index in [0.717, 1.165) is 72.2 Å². The first-order valence-electron chi connectivity index (χ1n) is 11.8. The summed E-state index contributed by atoms with van der Waals surface area (Å²) < 4.78 is 8.08. The predicted octanol–water partition coefficient (Wildman–Crippen LogP) is 5.93. The van der Waals surface area contributed by atoms with Crippen LogP contribution in [0.5, 0.6) is 5.75 Å². The van der Waals surface area contributed by atoms with E-state index in [1.807, 2.05) is 48.2 Å². The molecule has 2 aromatic carbocycles. The van der Waals surface area contributed by atoms with Crippen LogP contribution in [0.1, 0.15) is 67.4 Å². The largest absolute Gasteiger partial charge is 0.494 e. The molecule has 2 aliphatic rings. The summed E-state index contributed by atoms with van der Waals surface area (Å²) in [6.07, 6.45) is 6.82. The Morgan fingerprint density at radius 2 is 1.81 bits per heavy atom. The third-order valence-electron chi connectivity index (χ3n) is 6.89. The van der Waals surface area contributed by atoms with E-state index >= 15 is 0 Å². The fourth-order valence-corrected chi connectivity index (χ4v) is 5.02. The predicted molar refractivity (Wildman–Crippen MR) is 126 cm³/mol. The number of carbonyl (C=O) groups is 1. The highest BCUT2D eigenvalue weighted by molar-refractivity contribution is 5.97. The molecule has 1 aliphatic carbocycles. The summed E-state index contributed by atoms with van der Waals surface area (Å²) >= 11 is 0. The molecule has 0 unspecified atom stereocenters. The number of aromatic nitrogens is 1. The molecule has 0 N–H and O–H groups in total. The number of ether oxygens (including phenoxy) is 1. The van der Waals surface area contributed by atoms with Crippen LogP contribution in [0, 0.1) is 11.3 Å². The number of hydrogen-bond acceptors (Lipinski definition) is 3. The Bertz CT molecular complexity index is 1180. The van der Waals surface area contributed by atoms with Crippen LogP contribution in [0.25, 0.3) is 22.2 Å². The lowest BCUT2D eigenvalue weighted by Crippen LogP contribution is -2.35. The van der Waals surface area contributed by atoms with Gasteiger partial charge in [-0.15, -0.1) is 0 Å². The third kappa shape index (κ3) is 3.54. The average Bonchev–Trinajstić information content (AvgIpc) is 3.12. The zero-order valence-corrected chi connectivity index (χ0v) is 18.6. The summed E-state index contributed by atoms with van der Waals surface area (Å²) in [7, 11) is 0. The molecule has 5 heteroatoms. The van der Waals surface area contributed by atoms with E-state index in [1.165, 1.54) is 12.8 Å². The lowest BCUT2D eigenvalue weighted by atomic mass is 9.92. The summed E-state index contributed by atoms with van der Waals surface area (Å²) in [5.74, 6) is 0.939. The van der Waals surface area contributed by atoms with Crippen molar-refractivity contribution in [1.82, 2.24) is 9.47 Å². The normalized spacial score (nSPS) is 16.6. The molecule has 1 saturated carbocycles. The molecule has 5 nitrogen and oxygen atoms in total. The highest BCUT2D eigenvalue weighted by Crippen LogP contribution is 2.43. The second kappa shape index (κ2) is 8.70. The summed E-state index contributed by atoms with van der Waals surface area (Å²) in [4.78, 5) is 14.9. The van der Waals surface area contributed by atoms with Crippen LogP contribution in [0.2, 0.25) is 0 Å². The molecule has 0 spiro atoms. The highest BCUT2D eigenvalue weighted by Gasteiger charge is 2.28. The fraction of sp³-hybridized carbons (Fsp3) is 0.407. The minimum absolute atomic E-state index is 0.109. The van der Waals surface area contributed by atoms with Gasteiger partial charge in [0, 0.05) is 36.1 Å². The number of rotatable bonds is 5. The number of likely N-dealkylation sites (tertiary alicyclic amines) is 1. The van der Waals surface area contributed by atoms with Crippen molar-refractivity contribution in [2.24, 2.45) is 0 Å². The van der Waals surface area contributed by atoms with Gasteiger partial charge in [-0.3, -0.25) is 4.79 Å². The van der Waals surface area contributed by atoms with E-state index in [1.54, 1.807) is 0 Å². The third-order valence-corrected chi connectivity index (χ3v) is 6.89. The molecular weight excluding hydrogens is 398 g/mol. The van der Waals surface area contributed by atoms with Crippen molar-refractivity contribution in [3.05, 3.63) is 53.6 Å². The first-order chi connectivity index (χ1) is 15.7. The van der Waals surface area contributed by atoms with Gasteiger partial charge in [-0.2, -0.15) is 5.26 Å². The van der Waals surface area contributed by atoms with Crippen molar-refractivity contribution in [2.45, 2.75) is 51.5 Å². The molecule has 1 amide bonds. The van der Waals surface area contributed by atoms with Gasteiger partial charge in [0.15, 0.2) is 0 Å². The van der Waals surface area contributed by atoms with Crippen molar-refractivity contribution in [3.63, 3.8) is 0 Å². The standard InChI is InChI=1S/C27H29N3O2/c1-2-32-22-13-14-23-24(18-28)26(30(25(23)17-22)21-7-6-8-21)19-9-11-20(12-10-19)27(31)29-15-4-3-5-16-29/h9-14,17,21H,2-8,15-16H2,1H3. The van der Waals surface area contributed by atoms with Gasteiger partial charge in [0.1, 0.15) is 11.8 Å². The number of fused-ring (bicyclic) bond motifs is 1. The quantitative estimate of drug-likeness (QED) is 0.507. The Balaban J connectivity index is 1.58. The summed E-state index contributed by atoms with van der Waals surface area (Å²) in [5.41, 5.74) is 4.42. The molecule has 164 valence electrons. The van der Waals surface area contributed by atoms with Crippen molar-refractivity contribution in [3.8, 4) is 23.1 Å². The van der Waals surface area contributed by atoms with Gasteiger partial charge in [0.2, 0.25) is 0 Å². The van der Waals surface area contributed by atoms with Gasteiger partial charge in [-0.1, -0.05) is 12.1 Å². The van der Waals surface area contributed by atoms with E-state index in [9.17, 15) is 10.1 Å². The Morgan fingerprint density at radius 1 is 1.06 bits per heavy atom. The minimum atomic E-state index is 0.109. The molecule has 3 aromatic rings. The van der Waals surface area contributed by atoms with Gasteiger partial charge in [0.25, 0.3) is 5.91 Å². The number of piperidine rings is 1. The van der Waals surface area contributed by atoms with Gasteiger partial charge in [-0.25, -0.2) is 0 Å². The maximum Gasteiger partial charge on any atom is 0.253 e. The average molecular weight is 428 g/mol. The molecule has 2 heterocycles. The molecule has 1 saturated heterocycles. The number of benzene rings is 2. The van der Waals surface area contributed by atoms with E-state index < -0.39 is 0 Å². The van der Waals surface area contributed by atoms with Crippen LogP contribution in [-0.4, -0.2) is 35.1 Å². The monoisotopic (exact) mass is 427 g/mol. The van der Waals surface area contributed by atoms with Crippen molar-refractivity contribution >= 4 is 16.8 Å². The number of hydrogen-bond donors (Lipinski definition) is 0. The molecule has 5 rings (SSSR count). The Morgan fingerprint density at radius 3 is 2.44 bits per heavy atom. The maximum absolute atomic E-state index is 12.9. The molecule has 0 bridgehead atoms. The zero-order valence-electron chi connectivity index (χ0n) is 18.6. The lowest BCUT2D eigenvalue weighted by Gasteiger charge is -2.30. The summed E-state index contributed by atoms with van der Waals surface area (Å²) in [5, 5.41) is 11.1. The van der Waals surface area contributed by atoms with E-state index in [2.05, 4.69) is 16.7 Å². The van der Waals surface area contributed by atoms with E-state index in [4.69, 9.17) is 4.74 Å². The smallest absolute Gasteiger partial charge is 0.253 e. The van der Waals surface area contributed by atoms with Crippen molar-refractivity contribution in [2.75, 3.05) is 19.7 Å². The van der Waals surface area contributed by atoms with Crippen LogP contribution in [0.3, 0.4) is 0 Å². The van der Waals surface area contributed by atoms with Crippen LogP contribution in [0.4, 0.5) is 0 Å². The van der Waals surface area contributed by atoms with Crippen molar-refractivity contribution in [1.29, 1.82) is 5.26 Å². The van der Waals surface area contributed by atoms with Gasteiger partial charge >= 0.3 is 0 Å². The fourth-order valence-electron chi connectivity index (χ4n) is 5.02. The second-order valence-corrected chi connectivity index (χ2v) is 8.83. The van der Waals surface area contributed by atoms with Gasteiger partial charge in [0.05, 0.1) is 23.4 Å². The van der Waals surface area contributed by atoms with Crippen LogP contribution in [0.15, 0.2) is 42.5 Å². The topological polar surface area (TPSA) is 58.3 Å². The highest BCUT2D eigenvalue weighted by atomic mass is 16.5. The summed E-state index contributed by atoms with van der Waals surface area (Å²) in [6.45, 7) is 4.28. The molecule has 0 radical (unpaired) electrons. The lowest BCUT2D eigenvalue weighted by molar-refractivity contribution is 0.0724. The zero-order chi connectivity index (χ0) is 22.1. The van der Waals surface area contributed by atoms with Crippen molar-refractivity contribution < 1.29 is 9.53 Å². The molecular formula is C27H29N3O2. The SMILES string of the molecule is CCOc1ccc2c(C#N)c(-c3ccc(C(=O)N4CCCCC4)cc3)n(C3CCC3)c2c1. The Labute approximate surface area is 189 Å². The first-order valence-corrected chi connectivity index (χ1v) is 11.8. The Kier molecular flexibility index (Phi) is 5.61. The second-order valence-electron chi connectivity index (χ2n) is 8.83. The molecule has 2 fully saturated rings. The van der Waals surface area contributed by atoms with Gasteiger partial charge < -0.3 is 14.2 Å². The number of amides is 1. The summed E-state index contributed by atoms with van der Waals surface area (Å²) in [6, 6.07) is 16.7. The number of nitrogens with zero attached hydrogens (tertiary/aromatic N) is 3. The van der Waals surface area contributed by atoms with Crippen LogP contribution >= 0.6 is 0 Å². The van der Waals surface area contributed by atoms with E-state index in [-0.39, 0.29) is 5.91 Å². The maximum atomic E-state index is 12.9. The molecule has 1 aromatic heterocycles. The number of nitriles is 1. The van der Waals surface area contributed by atoms with Gasteiger partial charge in [-0.05, 0) is 75.3 Å². The Hall–Kier alpha value is -3.26. The molecule has 32 heavy (non-hydrogen) atoms. The molecule has 1 aliphatic heterocycles. The minimum Gasteiger partial charge on any atom is -0.494 e. The van der Waals surface area contributed by atoms with Crippen LogP contribution < -0.4 is 4.74 Å².